The number of hydrogen-bond donors (Lipinski definition) is 1. The van der Waals surface area contributed by atoms with E-state index < -0.39 is 23.1 Å². The lowest BCUT2D eigenvalue weighted by molar-refractivity contribution is -0.149. The molecule has 3 rings (SSSR count). The number of amides is 1. The molecule has 1 aliphatic carbocycles. The number of rotatable bonds is 5. The molecule has 5 nitrogen and oxygen atoms in total. The van der Waals surface area contributed by atoms with Gasteiger partial charge in [0.25, 0.3) is 0 Å². The van der Waals surface area contributed by atoms with Crippen LogP contribution >= 0.6 is 0 Å². The van der Waals surface area contributed by atoms with Crippen molar-refractivity contribution in [2.75, 3.05) is 13.1 Å². The Labute approximate surface area is 145 Å². The molecule has 1 heterocycles. The molecule has 1 saturated heterocycles. The minimum absolute atomic E-state index is 0.00294. The van der Waals surface area contributed by atoms with Crippen LogP contribution in [0.1, 0.15) is 43.0 Å². The number of carboxylic acid groups (broad SMARTS) is 1. The van der Waals surface area contributed by atoms with Crippen LogP contribution in [0.5, 0.6) is 0 Å². The Bertz CT molecular complexity index is 719. The Kier molecular flexibility index (Phi) is 4.62. The number of likely N-dealkylation sites (tertiary alicyclic amines) is 1. The Morgan fingerprint density at radius 1 is 1.40 bits per heavy atom. The summed E-state index contributed by atoms with van der Waals surface area (Å²) in [6.45, 7) is 2.33. The summed E-state index contributed by atoms with van der Waals surface area (Å²) in [6, 6.07) is 5.44. The molecule has 1 saturated carbocycles. The van der Waals surface area contributed by atoms with Crippen LogP contribution in [0.25, 0.3) is 0 Å². The topological polar surface area (TPSA) is 74.7 Å². The minimum atomic E-state index is -0.825. The molecule has 0 spiro atoms. The van der Waals surface area contributed by atoms with Crippen molar-refractivity contribution in [2.45, 2.75) is 32.6 Å². The Hall–Kier alpha value is -2.24. The average Bonchev–Trinajstić information content (AvgIpc) is 3.12. The lowest BCUT2D eigenvalue weighted by atomic mass is 9.81. The first-order valence-corrected chi connectivity index (χ1v) is 8.64. The first-order chi connectivity index (χ1) is 11.8. The van der Waals surface area contributed by atoms with Crippen LogP contribution < -0.4 is 0 Å². The Morgan fingerprint density at radius 3 is 2.80 bits per heavy atom. The number of nitrogens with zero attached hydrogens (tertiary/aromatic N) is 1. The van der Waals surface area contributed by atoms with Gasteiger partial charge in [-0.1, -0.05) is 25.5 Å². The van der Waals surface area contributed by atoms with E-state index in [1.807, 2.05) is 0 Å². The van der Waals surface area contributed by atoms with Crippen molar-refractivity contribution in [2.24, 2.45) is 17.3 Å². The summed E-state index contributed by atoms with van der Waals surface area (Å²) in [5.74, 6) is -2.36. The monoisotopic (exact) mass is 347 g/mol. The standard InChI is InChI=1S/C19H22FNO4/c1-12(17(23)13-4-2-6-15(20)9-13)8-16(22)21-10-14-5-3-7-19(14,11-21)18(24)25/h2,4,6,9,12,14H,3,5,7-8,10-11H2,1H3,(H,24,25)/t12?,14-,19+/m0/s1. The van der Waals surface area contributed by atoms with Crippen molar-refractivity contribution in [3.63, 3.8) is 0 Å². The van der Waals surface area contributed by atoms with Crippen molar-refractivity contribution < 1.29 is 23.9 Å². The van der Waals surface area contributed by atoms with Crippen molar-refractivity contribution >= 4 is 17.7 Å². The molecule has 1 aromatic rings. The summed E-state index contributed by atoms with van der Waals surface area (Å²) >= 11 is 0. The molecular formula is C19H22FNO4. The number of hydrogen-bond acceptors (Lipinski definition) is 3. The highest BCUT2D eigenvalue weighted by molar-refractivity contribution is 5.99. The SMILES string of the molecule is CC(CC(=O)N1C[C@@H]2CCC[C@@]2(C(=O)O)C1)C(=O)c1cccc(F)c1. The summed E-state index contributed by atoms with van der Waals surface area (Å²) in [7, 11) is 0. The first kappa shape index (κ1) is 17.6. The van der Waals surface area contributed by atoms with E-state index in [4.69, 9.17) is 0 Å². The third-order valence-electron chi connectivity index (χ3n) is 5.69. The van der Waals surface area contributed by atoms with Crippen molar-refractivity contribution in [1.82, 2.24) is 4.90 Å². The van der Waals surface area contributed by atoms with E-state index in [1.165, 1.54) is 24.3 Å². The zero-order valence-electron chi connectivity index (χ0n) is 14.2. The predicted molar refractivity (Wildman–Crippen MR) is 88.5 cm³/mol. The van der Waals surface area contributed by atoms with Gasteiger partial charge in [-0.2, -0.15) is 0 Å². The van der Waals surface area contributed by atoms with Crippen LogP contribution in [0, 0.1) is 23.1 Å². The zero-order valence-corrected chi connectivity index (χ0v) is 14.2. The van der Waals surface area contributed by atoms with Crippen LogP contribution in [0.15, 0.2) is 24.3 Å². The number of carbonyl (C=O) groups is 3. The number of carboxylic acids is 1. The lowest BCUT2D eigenvalue weighted by Gasteiger charge is -2.23. The van der Waals surface area contributed by atoms with E-state index in [0.29, 0.717) is 13.0 Å². The molecule has 0 bridgehead atoms. The number of benzene rings is 1. The molecule has 0 aromatic heterocycles. The molecular weight excluding hydrogens is 325 g/mol. The second-order valence-corrected chi connectivity index (χ2v) is 7.30. The van der Waals surface area contributed by atoms with Gasteiger partial charge >= 0.3 is 5.97 Å². The fourth-order valence-corrected chi connectivity index (χ4v) is 4.24. The maximum Gasteiger partial charge on any atom is 0.311 e. The fourth-order valence-electron chi connectivity index (χ4n) is 4.24. The number of fused-ring (bicyclic) bond motifs is 1. The van der Waals surface area contributed by atoms with Gasteiger partial charge in [-0.25, -0.2) is 4.39 Å². The van der Waals surface area contributed by atoms with Crippen molar-refractivity contribution in [3.05, 3.63) is 35.6 Å². The van der Waals surface area contributed by atoms with Crippen LogP contribution in [-0.2, 0) is 9.59 Å². The molecule has 6 heteroatoms. The first-order valence-electron chi connectivity index (χ1n) is 8.64. The summed E-state index contributed by atoms with van der Waals surface area (Å²) in [5.41, 5.74) is -0.563. The van der Waals surface area contributed by atoms with Crippen LogP contribution in [0.3, 0.4) is 0 Å². The molecule has 1 N–H and O–H groups in total. The second kappa shape index (κ2) is 6.58. The molecule has 2 aliphatic rings. The summed E-state index contributed by atoms with van der Waals surface area (Å²) in [4.78, 5) is 38.2. The normalized spacial score (nSPS) is 26.3. The van der Waals surface area contributed by atoms with Gasteiger partial charge < -0.3 is 10.0 Å². The van der Waals surface area contributed by atoms with E-state index in [0.717, 1.165) is 12.8 Å². The van der Waals surface area contributed by atoms with Crippen molar-refractivity contribution in [3.8, 4) is 0 Å². The Morgan fingerprint density at radius 2 is 2.16 bits per heavy atom. The fraction of sp³-hybridized carbons (Fsp3) is 0.526. The number of aliphatic carboxylic acids is 1. The van der Waals surface area contributed by atoms with Gasteiger partial charge in [-0.15, -0.1) is 0 Å². The largest absolute Gasteiger partial charge is 0.481 e. The van der Waals surface area contributed by atoms with Crippen molar-refractivity contribution in [1.29, 1.82) is 0 Å². The molecule has 25 heavy (non-hydrogen) atoms. The van der Waals surface area contributed by atoms with Crippen LogP contribution in [0.2, 0.25) is 0 Å². The molecule has 1 aliphatic heterocycles. The number of carbonyl (C=O) groups excluding carboxylic acids is 2. The third-order valence-corrected chi connectivity index (χ3v) is 5.69. The van der Waals surface area contributed by atoms with E-state index >= 15 is 0 Å². The number of Topliss-reactive ketones (excluding diaryl/α,β-unsaturated/α-hetero) is 1. The Balaban J connectivity index is 1.65. The van der Waals surface area contributed by atoms with Gasteiger partial charge in [0.15, 0.2) is 5.78 Å². The molecule has 2 fully saturated rings. The highest BCUT2D eigenvalue weighted by Gasteiger charge is 2.55. The second-order valence-electron chi connectivity index (χ2n) is 7.30. The quantitative estimate of drug-likeness (QED) is 0.831. The highest BCUT2D eigenvalue weighted by atomic mass is 19.1. The van der Waals surface area contributed by atoms with Gasteiger partial charge in [-0.05, 0) is 30.9 Å². The smallest absolute Gasteiger partial charge is 0.311 e. The van der Waals surface area contributed by atoms with Gasteiger partial charge in [-0.3, -0.25) is 14.4 Å². The van der Waals surface area contributed by atoms with Crippen LogP contribution in [0.4, 0.5) is 4.39 Å². The molecule has 0 radical (unpaired) electrons. The third kappa shape index (κ3) is 3.17. The van der Waals surface area contributed by atoms with Gasteiger partial charge in [0.2, 0.25) is 5.91 Å². The summed E-state index contributed by atoms with van der Waals surface area (Å²) in [5, 5.41) is 9.59. The molecule has 1 unspecified atom stereocenters. The van der Waals surface area contributed by atoms with Gasteiger partial charge in [0.05, 0.1) is 5.41 Å². The van der Waals surface area contributed by atoms with Crippen LogP contribution in [-0.4, -0.2) is 40.8 Å². The predicted octanol–water partition coefficient (Wildman–Crippen LogP) is 2.75. The average molecular weight is 347 g/mol. The minimum Gasteiger partial charge on any atom is -0.481 e. The maximum atomic E-state index is 13.3. The summed E-state index contributed by atoms with van der Waals surface area (Å²) < 4.78 is 13.3. The van der Waals surface area contributed by atoms with Gasteiger partial charge in [0, 0.05) is 31.0 Å². The lowest BCUT2D eigenvalue weighted by Crippen LogP contribution is -2.37. The van der Waals surface area contributed by atoms with Gasteiger partial charge in [0.1, 0.15) is 5.82 Å². The number of ketones is 1. The van der Waals surface area contributed by atoms with E-state index in [-0.39, 0.29) is 36.1 Å². The molecule has 1 amide bonds. The van der Waals surface area contributed by atoms with E-state index in [1.54, 1.807) is 11.8 Å². The highest BCUT2D eigenvalue weighted by Crippen LogP contribution is 2.49. The summed E-state index contributed by atoms with van der Waals surface area (Å²) in [6.07, 6.45) is 2.33. The maximum absolute atomic E-state index is 13.3. The van der Waals surface area contributed by atoms with E-state index in [9.17, 15) is 23.9 Å². The molecule has 134 valence electrons. The number of halogens is 1. The van der Waals surface area contributed by atoms with E-state index in [2.05, 4.69) is 0 Å². The molecule has 1 aromatic carbocycles. The molecule has 3 atom stereocenters. The zero-order chi connectivity index (χ0) is 18.2.